The molecule has 0 spiro atoms. The van der Waals surface area contributed by atoms with Gasteiger partial charge in [0.25, 0.3) is 0 Å². The van der Waals surface area contributed by atoms with Crippen molar-refractivity contribution in [2.24, 2.45) is 11.8 Å². The van der Waals surface area contributed by atoms with Crippen molar-refractivity contribution in [2.45, 2.75) is 57.9 Å². The molecule has 1 fully saturated rings. The molecule has 0 bridgehead atoms. The number of esters is 1. The number of carbonyl (C=O) groups is 1. The minimum absolute atomic E-state index is 0.0740. The van der Waals surface area contributed by atoms with Crippen LogP contribution < -0.4 is 5.32 Å². The van der Waals surface area contributed by atoms with Crippen LogP contribution in [0.2, 0.25) is 0 Å². The zero-order valence-corrected chi connectivity index (χ0v) is 13.5. The average Bonchev–Trinajstić information content (AvgIpc) is 2.55. The summed E-state index contributed by atoms with van der Waals surface area (Å²) in [6, 6.07) is 0.622. The summed E-state index contributed by atoms with van der Waals surface area (Å²) in [6.45, 7) is 2.34. The maximum atomic E-state index is 11.5. The van der Waals surface area contributed by atoms with Gasteiger partial charge in [0.15, 0.2) is 0 Å². The maximum absolute atomic E-state index is 11.5. The van der Waals surface area contributed by atoms with Crippen LogP contribution in [-0.2, 0) is 9.53 Å². The predicted molar refractivity (Wildman–Crippen MR) is 88.2 cm³/mol. The van der Waals surface area contributed by atoms with Crippen LogP contribution in [0.25, 0.3) is 0 Å². The van der Waals surface area contributed by atoms with Crippen molar-refractivity contribution in [3.63, 3.8) is 0 Å². The molecule has 120 valence electrons. The average molecular weight is 301 g/mol. The molecule has 1 aliphatic heterocycles. The van der Waals surface area contributed by atoms with Crippen molar-refractivity contribution in [1.29, 1.82) is 0 Å². The van der Waals surface area contributed by atoms with Crippen LogP contribution in [0.4, 0.5) is 0 Å². The van der Waals surface area contributed by atoms with Crippen LogP contribution in [0.15, 0.2) is 35.6 Å². The summed E-state index contributed by atoms with van der Waals surface area (Å²) in [5.41, 5.74) is 2.81. The minimum Gasteiger partial charge on any atom is -0.466 e. The van der Waals surface area contributed by atoms with E-state index in [4.69, 9.17) is 4.74 Å². The Labute approximate surface area is 133 Å². The first-order valence-corrected chi connectivity index (χ1v) is 8.79. The van der Waals surface area contributed by atoms with E-state index in [1.807, 2.05) is 6.92 Å². The summed E-state index contributed by atoms with van der Waals surface area (Å²) >= 11 is 0. The smallest absolute Gasteiger partial charge is 0.305 e. The van der Waals surface area contributed by atoms with Crippen LogP contribution in [0.5, 0.6) is 0 Å². The standard InChI is InChI=1S/C19H27NO2/c1-2-22-19(21)13-7-12-18-16-9-4-3-8-14(16)15-10-5-6-11-17(15)20-18/h3-4,8-9,14-15,17,20H,2,5-7,10-13H2,1H3. The Morgan fingerprint density at radius 3 is 3.05 bits per heavy atom. The van der Waals surface area contributed by atoms with Crippen molar-refractivity contribution in [2.75, 3.05) is 6.61 Å². The highest BCUT2D eigenvalue weighted by Gasteiger charge is 2.37. The molecule has 3 unspecified atom stereocenters. The number of allylic oxidation sites excluding steroid dienone is 6. The van der Waals surface area contributed by atoms with Crippen molar-refractivity contribution < 1.29 is 9.53 Å². The van der Waals surface area contributed by atoms with E-state index in [2.05, 4.69) is 29.6 Å². The van der Waals surface area contributed by atoms with E-state index in [1.54, 1.807) is 0 Å². The van der Waals surface area contributed by atoms with E-state index in [0.29, 0.717) is 25.0 Å². The number of hydrogen-bond acceptors (Lipinski definition) is 3. The van der Waals surface area contributed by atoms with Gasteiger partial charge in [-0.15, -0.1) is 0 Å². The van der Waals surface area contributed by atoms with Gasteiger partial charge in [0.1, 0.15) is 0 Å². The van der Waals surface area contributed by atoms with Crippen LogP contribution in [0.1, 0.15) is 51.9 Å². The quantitative estimate of drug-likeness (QED) is 0.783. The van der Waals surface area contributed by atoms with Gasteiger partial charge >= 0.3 is 5.97 Å². The Hall–Kier alpha value is -1.51. The highest BCUT2D eigenvalue weighted by atomic mass is 16.5. The van der Waals surface area contributed by atoms with E-state index in [-0.39, 0.29) is 5.97 Å². The number of carbonyl (C=O) groups excluding carboxylic acids is 1. The Bertz CT molecular complexity index is 504. The number of hydrogen-bond donors (Lipinski definition) is 1. The van der Waals surface area contributed by atoms with E-state index in [9.17, 15) is 4.79 Å². The highest BCUT2D eigenvalue weighted by Crippen LogP contribution is 2.42. The van der Waals surface area contributed by atoms with E-state index in [1.165, 1.54) is 37.0 Å². The molecule has 0 radical (unpaired) electrons. The second-order valence-corrected chi connectivity index (χ2v) is 6.56. The van der Waals surface area contributed by atoms with Gasteiger partial charge in [-0.25, -0.2) is 0 Å². The molecule has 0 aromatic rings. The van der Waals surface area contributed by atoms with Gasteiger partial charge in [-0.05, 0) is 44.1 Å². The normalized spacial score (nSPS) is 29.6. The summed E-state index contributed by atoms with van der Waals surface area (Å²) in [6.07, 6.45) is 16.6. The summed E-state index contributed by atoms with van der Waals surface area (Å²) in [4.78, 5) is 11.5. The minimum atomic E-state index is -0.0740. The molecule has 22 heavy (non-hydrogen) atoms. The molecule has 0 saturated heterocycles. The number of ether oxygens (including phenoxy) is 1. The lowest BCUT2D eigenvalue weighted by atomic mass is 9.69. The number of nitrogens with one attached hydrogen (secondary N) is 1. The van der Waals surface area contributed by atoms with Crippen LogP contribution in [0.3, 0.4) is 0 Å². The fraction of sp³-hybridized carbons (Fsp3) is 0.632. The third kappa shape index (κ3) is 3.29. The lowest BCUT2D eigenvalue weighted by Crippen LogP contribution is -2.46. The molecule has 3 atom stereocenters. The zero-order chi connectivity index (χ0) is 15.4. The topological polar surface area (TPSA) is 38.3 Å². The Kier molecular flexibility index (Phi) is 5.01. The van der Waals surface area contributed by atoms with Crippen LogP contribution in [0, 0.1) is 11.8 Å². The lowest BCUT2D eigenvalue weighted by molar-refractivity contribution is -0.143. The van der Waals surface area contributed by atoms with E-state index >= 15 is 0 Å². The van der Waals surface area contributed by atoms with Gasteiger partial charge in [-0.1, -0.05) is 37.1 Å². The summed E-state index contributed by atoms with van der Waals surface area (Å²) in [5.74, 6) is 1.25. The molecule has 0 aromatic heterocycles. The molecule has 0 aromatic carbocycles. The third-order valence-corrected chi connectivity index (χ3v) is 5.17. The van der Waals surface area contributed by atoms with Gasteiger partial charge in [0.2, 0.25) is 0 Å². The molecule has 0 amide bonds. The molecule has 3 heteroatoms. The molecule has 1 heterocycles. The van der Waals surface area contributed by atoms with Gasteiger partial charge in [-0.3, -0.25) is 4.79 Å². The fourth-order valence-electron chi connectivity index (χ4n) is 4.17. The highest BCUT2D eigenvalue weighted by molar-refractivity contribution is 5.69. The molecular formula is C19H27NO2. The van der Waals surface area contributed by atoms with E-state index < -0.39 is 0 Å². The van der Waals surface area contributed by atoms with Crippen LogP contribution >= 0.6 is 0 Å². The number of rotatable bonds is 5. The Morgan fingerprint density at radius 2 is 2.18 bits per heavy atom. The molecule has 2 aliphatic carbocycles. The summed E-state index contributed by atoms with van der Waals surface area (Å²) < 4.78 is 5.02. The van der Waals surface area contributed by atoms with Crippen molar-refractivity contribution >= 4 is 5.97 Å². The van der Waals surface area contributed by atoms with Gasteiger partial charge in [-0.2, -0.15) is 0 Å². The van der Waals surface area contributed by atoms with Crippen LogP contribution in [-0.4, -0.2) is 18.6 Å². The molecule has 1 saturated carbocycles. The van der Waals surface area contributed by atoms with Gasteiger partial charge in [0.05, 0.1) is 6.61 Å². The third-order valence-electron chi connectivity index (χ3n) is 5.17. The maximum Gasteiger partial charge on any atom is 0.305 e. The van der Waals surface area contributed by atoms with Gasteiger partial charge < -0.3 is 10.1 Å². The van der Waals surface area contributed by atoms with Gasteiger partial charge in [0, 0.05) is 24.1 Å². The monoisotopic (exact) mass is 301 g/mol. The lowest BCUT2D eigenvalue weighted by Gasteiger charge is -2.44. The van der Waals surface area contributed by atoms with E-state index in [0.717, 1.165) is 18.8 Å². The molecule has 3 nitrogen and oxygen atoms in total. The van der Waals surface area contributed by atoms with Crippen molar-refractivity contribution in [3.05, 3.63) is 35.6 Å². The Balaban J connectivity index is 1.68. The predicted octanol–water partition coefficient (Wildman–Crippen LogP) is 3.88. The first kappa shape index (κ1) is 15.4. The molecular weight excluding hydrogens is 274 g/mol. The Morgan fingerprint density at radius 1 is 1.32 bits per heavy atom. The molecule has 3 rings (SSSR count). The first-order chi connectivity index (χ1) is 10.8. The van der Waals surface area contributed by atoms with Crippen molar-refractivity contribution in [1.82, 2.24) is 5.32 Å². The summed E-state index contributed by atoms with van der Waals surface area (Å²) in [5, 5.41) is 3.80. The SMILES string of the molecule is CCOC(=O)CCCC1=C2C=CC=CC2C2CCCCC2N1. The largest absolute Gasteiger partial charge is 0.466 e. The second-order valence-electron chi connectivity index (χ2n) is 6.56. The summed E-state index contributed by atoms with van der Waals surface area (Å²) in [7, 11) is 0. The molecule has 3 aliphatic rings. The zero-order valence-electron chi connectivity index (χ0n) is 13.5. The fourth-order valence-corrected chi connectivity index (χ4v) is 4.17. The van der Waals surface area contributed by atoms with Crippen molar-refractivity contribution in [3.8, 4) is 0 Å². The number of fused-ring (bicyclic) bond motifs is 3. The molecule has 1 N–H and O–H groups in total. The first-order valence-electron chi connectivity index (χ1n) is 8.79. The second kappa shape index (κ2) is 7.17.